The van der Waals surface area contributed by atoms with E-state index in [1.54, 1.807) is 20.8 Å². The number of carbonyl (C=O) groups excluding carboxylic acids is 1. The van der Waals surface area contributed by atoms with Crippen molar-refractivity contribution in [2.24, 2.45) is 0 Å². The largest absolute Gasteiger partial charge is 0.389 e. The molecule has 0 spiro atoms. The molecule has 0 fully saturated rings. The van der Waals surface area contributed by atoms with Gasteiger partial charge in [-0.25, -0.2) is 0 Å². The predicted octanol–water partition coefficient (Wildman–Crippen LogP) is 2.59. The molecule has 20 heavy (non-hydrogen) atoms. The minimum Gasteiger partial charge on any atom is -0.389 e. The highest BCUT2D eigenvalue weighted by Crippen LogP contribution is 2.24. The number of carbonyl (C=O) groups is 1. The maximum Gasteiger partial charge on any atom is 0.270 e. The molecule has 1 rings (SSSR count). The molecule has 0 saturated heterocycles. The topological polar surface area (TPSA) is 83.7 Å². The lowest BCUT2D eigenvalue weighted by molar-refractivity contribution is -0.384. The molecule has 0 aromatic heterocycles. The second-order valence-electron chi connectivity index (χ2n) is 5.05. The fourth-order valence-electron chi connectivity index (χ4n) is 1.76. The quantitative estimate of drug-likeness (QED) is 0.657. The van der Waals surface area contributed by atoms with Gasteiger partial charge in [-0.2, -0.15) is 0 Å². The van der Waals surface area contributed by atoms with Crippen molar-refractivity contribution in [2.75, 3.05) is 13.1 Å². The molecule has 1 amide bonds. The van der Waals surface area contributed by atoms with Gasteiger partial charge in [-0.15, -0.1) is 0 Å². The van der Waals surface area contributed by atoms with Crippen LogP contribution in [-0.2, 0) is 0 Å². The van der Waals surface area contributed by atoms with Gasteiger partial charge in [0.1, 0.15) is 0 Å². The number of benzene rings is 1. The van der Waals surface area contributed by atoms with E-state index in [2.05, 4.69) is 15.9 Å². The zero-order chi connectivity index (χ0) is 15.5. The monoisotopic (exact) mass is 344 g/mol. The molecular formula is C13H17BrN2O4. The first-order valence-electron chi connectivity index (χ1n) is 6.11. The van der Waals surface area contributed by atoms with E-state index in [-0.39, 0.29) is 23.7 Å². The van der Waals surface area contributed by atoms with Crippen molar-refractivity contribution in [1.82, 2.24) is 4.90 Å². The van der Waals surface area contributed by atoms with Crippen molar-refractivity contribution in [3.63, 3.8) is 0 Å². The lowest BCUT2D eigenvalue weighted by Gasteiger charge is -2.28. The Morgan fingerprint density at radius 1 is 1.50 bits per heavy atom. The molecule has 0 heterocycles. The Balaban J connectivity index is 3.12. The minimum absolute atomic E-state index is 0.143. The number of aliphatic hydroxyl groups is 1. The van der Waals surface area contributed by atoms with Crippen molar-refractivity contribution < 1.29 is 14.8 Å². The van der Waals surface area contributed by atoms with Gasteiger partial charge < -0.3 is 10.0 Å². The molecule has 1 aromatic rings. The summed E-state index contributed by atoms with van der Waals surface area (Å²) >= 11 is 3.22. The lowest BCUT2D eigenvalue weighted by atomic mass is 10.1. The van der Waals surface area contributed by atoms with Gasteiger partial charge in [0.25, 0.3) is 11.6 Å². The second-order valence-corrected chi connectivity index (χ2v) is 5.91. The number of amides is 1. The van der Waals surface area contributed by atoms with Crippen LogP contribution in [0, 0.1) is 10.1 Å². The zero-order valence-corrected chi connectivity index (χ0v) is 13.2. The summed E-state index contributed by atoms with van der Waals surface area (Å²) in [6.45, 7) is 5.54. The standard InChI is InChI=1S/C13H17BrN2O4/c1-4-15(8-13(2,3)18)12(17)10-7-9(16(19)20)5-6-11(10)14/h5-7,18H,4,8H2,1-3H3. The number of rotatable bonds is 5. The molecule has 0 unspecified atom stereocenters. The number of nitro benzene ring substituents is 1. The average Bonchev–Trinajstić information content (AvgIpc) is 2.34. The van der Waals surface area contributed by atoms with E-state index in [1.807, 2.05) is 0 Å². The molecule has 0 aliphatic carbocycles. The van der Waals surface area contributed by atoms with Crippen LogP contribution in [-0.4, -0.2) is 39.5 Å². The Morgan fingerprint density at radius 3 is 2.55 bits per heavy atom. The van der Waals surface area contributed by atoms with Crippen molar-refractivity contribution in [3.8, 4) is 0 Å². The fourth-order valence-corrected chi connectivity index (χ4v) is 2.17. The first-order valence-corrected chi connectivity index (χ1v) is 6.90. The third kappa shape index (κ3) is 4.28. The maximum absolute atomic E-state index is 12.4. The number of nitrogens with zero attached hydrogens (tertiary/aromatic N) is 2. The van der Waals surface area contributed by atoms with Crippen LogP contribution in [0.1, 0.15) is 31.1 Å². The summed E-state index contributed by atoms with van der Waals surface area (Å²) in [6.07, 6.45) is 0. The Morgan fingerprint density at radius 2 is 2.10 bits per heavy atom. The highest BCUT2D eigenvalue weighted by molar-refractivity contribution is 9.10. The number of likely N-dealkylation sites (N-methyl/N-ethyl adjacent to an activating group) is 1. The summed E-state index contributed by atoms with van der Waals surface area (Å²) in [6, 6.07) is 4.04. The summed E-state index contributed by atoms with van der Waals surface area (Å²) in [5, 5.41) is 20.6. The minimum atomic E-state index is -1.03. The highest BCUT2D eigenvalue weighted by atomic mass is 79.9. The van der Waals surface area contributed by atoms with Crippen LogP contribution < -0.4 is 0 Å². The Kier molecular flexibility index (Phi) is 5.24. The van der Waals surface area contributed by atoms with Gasteiger partial charge in [0, 0.05) is 29.7 Å². The maximum atomic E-state index is 12.4. The summed E-state index contributed by atoms with van der Waals surface area (Å²) in [7, 11) is 0. The van der Waals surface area contributed by atoms with Gasteiger partial charge in [0.05, 0.1) is 16.1 Å². The van der Waals surface area contributed by atoms with Crippen LogP contribution in [0.2, 0.25) is 0 Å². The summed E-state index contributed by atoms with van der Waals surface area (Å²) in [5.74, 6) is -0.356. The van der Waals surface area contributed by atoms with E-state index in [9.17, 15) is 20.0 Å². The number of nitro groups is 1. The molecule has 1 aromatic carbocycles. The third-order valence-electron chi connectivity index (χ3n) is 2.64. The normalized spacial score (nSPS) is 11.2. The summed E-state index contributed by atoms with van der Waals surface area (Å²) in [5.41, 5.74) is -0.958. The Hall–Kier alpha value is -1.47. The fraction of sp³-hybridized carbons (Fsp3) is 0.462. The van der Waals surface area contributed by atoms with Crippen molar-refractivity contribution in [3.05, 3.63) is 38.3 Å². The molecule has 0 aliphatic rings. The predicted molar refractivity (Wildman–Crippen MR) is 78.7 cm³/mol. The van der Waals surface area contributed by atoms with Gasteiger partial charge in [-0.3, -0.25) is 14.9 Å². The van der Waals surface area contributed by atoms with Crippen LogP contribution in [0.25, 0.3) is 0 Å². The molecule has 0 radical (unpaired) electrons. The van der Waals surface area contributed by atoms with Gasteiger partial charge in [0.2, 0.25) is 0 Å². The Labute approximate surface area is 125 Å². The smallest absolute Gasteiger partial charge is 0.270 e. The number of hydrogen-bond acceptors (Lipinski definition) is 4. The molecule has 0 atom stereocenters. The van der Waals surface area contributed by atoms with Crippen LogP contribution in [0.3, 0.4) is 0 Å². The first-order chi connectivity index (χ1) is 9.15. The van der Waals surface area contributed by atoms with E-state index in [4.69, 9.17) is 0 Å². The molecule has 0 saturated carbocycles. The molecule has 110 valence electrons. The molecule has 7 heteroatoms. The molecule has 0 aliphatic heterocycles. The van der Waals surface area contributed by atoms with E-state index < -0.39 is 10.5 Å². The molecule has 0 bridgehead atoms. The molecular weight excluding hydrogens is 328 g/mol. The molecule has 1 N–H and O–H groups in total. The van der Waals surface area contributed by atoms with E-state index >= 15 is 0 Å². The first kappa shape index (κ1) is 16.6. The van der Waals surface area contributed by atoms with Gasteiger partial charge in [-0.05, 0) is 42.8 Å². The SMILES string of the molecule is CCN(CC(C)(C)O)C(=O)c1cc([N+](=O)[O-])ccc1Br. The van der Waals surface area contributed by atoms with Crippen LogP contribution in [0.15, 0.2) is 22.7 Å². The second kappa shape index (κ2) is 6.32. The van der Waals surface area contributed by atoms with Gasteiger partial charge in [0.15, 0.2) is 0 Å². The van der Waals surface area contributed by atoms with Crippen molar-refractivity contribution >= 4 is 27.5 Å². The average molecular weight is 345 g/mol. The van der Waals surface area contributed by atoms with Gasteiger partial charge in [-0.1, -0.05) is 0 Å². The van der Waals surface area contributed by atoms with Gasteiger partial charge >= 0.3 is 0 Å². The summed E-state index contributed by atoms with van der Waals surface area (Å²) < 4.78 is 0.488. The third-order valence-corrected chi connectivity index (χ3v) is 3.33. The lowest BCUT2D eigenvalue weighted by Crippen LogP contribution is -2.42. The Bertz CT molecular complexity index is 526. The van der Waals surface area contributed by atoms with E-state index in [1.165, 1.54) is 23.1 Å². The van der Waals surface area contributed by atoms with Crippen LogP contribution >= 0.6 is 15.9 Å². The number of halogens is 1. The highest BCUT2D eigenvalue weighted by Gasteiger charge is 2.24. The number of non-ortho nitro benzene ring substituents is 1. The zero-order valence-electron chi connectivity index (χ0n) is 11.6. The van der Waals surface area contributed by atoms with Crippen LogP contribution in [0.5, 0.6) is 0 Å². The van der Waals surface area contributed by atoms with E-state index in [0.29, 0.717) is 11.0 Å². The summed E-state index contributed by atoms with van der Waals surface area (Å²) in [4.78, 5) is 24.1. The van der Waals surface area contributed by atoms with E-state index in [0.717, 1.165) is 0 Å². The van der Waals surface area contributed by atoms with Crippen molar-refractivity contribution in [1.29, 1.82) is 0 Å². The van der Waals surface area contributed by atoms with Crippen molar-refractivity contribution in [2.45, 2.75) is 26.4 Å². The number of hydrogen-bond donors (Lipinski definition) is 1. The molecule has 6 nitrogen and oxygen atoms in total. The van der Waals surface area contributed by atoms with Crippen LogP contribution in [0.4, 0.5) is 5.69 Å².